The summed E-state index contributed by atoms with van der Waals surface area (Å²) in [5.74, 6) is 0.258. The lowest BCUT2D eigenvalue weighted by atomic mass is 9.90. The van der Waals surface area contributed by atoms with Crippen LogP contribution in [0.1, 0.15) is 53.4 Å². The number of carbonyl (C=O) groups is 1. The Kier molecular flexibility index (Phi) is 6.96. The third-order valence-electron chi connectivity index (χ3n) is 4.51. The van der Waals surface area contributed by atoms with E-state index in [1.165, 1.54) is 25.7 Å². The first kappa shape index (κ1) is 17.4. The molecule has 0 unspecified atom stereocenters. The van der Waals surface area contributed by atoms with E-state index >= 15 is 0 Å². The molecule has 20 heavy (non-hydrogen) atoms. The first-order chi connectivity index (χ1) is 9.36. The lowest BCUT2D eigenvalue weighted by Gasteiger charge is -2.37. The van der Waals surface area contributed by atoms with Gasteiger partial charge < -0.3 is 10.2 Å². The molecule has 0 aromatic rings. The molecule has 0 aromatic carbocycles. The van der Waals surface area contributed by atoms with E-state index in [9.17, 15) is 4.79 Å². The maximum absolute atomic E-state index is 12.5. The molecular formula is C16H33N3O. The highest BCUT2D eigenvalue weighted by molar-refractivity contribution is 5.78. The Morgan fingerprint density at radius 1 is 1.10 bits per heavy atom. The van der Waals surface area contributed by atoms with Crippen LogP contribution in [0, 0.1) is 0 Å². The first-order valence-electron chi connectivity index (χ1n) is 8.05. The van der Waals surface area contributed by atoms with Gasteiger partial charge in [-0.05, 0) is 67.5 Å². The maximum Gasteiger partial charge on any atom is 0.237 e. The zero-order valence-electron chi connectivity index (χ0n) is 14.1. The van der Waals surface area contributed by atoms with Gasteiger partial charge in [0.2, 0.25) is 5.91 Å². The molecule has 1 aliphatic carbocycles. The van der Waals surface area contributed by atoms with E-state index < -0.39 is 0 Å². The van der Waals surface area contributed by atoms with Crippen LogP contribution < -0.4 is 5.32 Å². The van der Waals surface area contributed by atoms with Crippen molar-refractivity contribution in [2.75, 3.05) is 20.6 Å². The molecular weight excluding hydrogens is 250 g/mol. The molecule has 0 heterocycles. The number of rotatable bonds is 6. The number of nitrogens with zero attached hydrogens (tertiary/aromatic N) is 2. The van der Waals surface area contributed by atoms with Crippen LogP contribution in [0.25, 0.3) is 0 Å². The fourth-order valence-electron chi connectivity index (χ4n) is 3.40. The molecule has 1 saturated carbocycles. The van der Waals surface area contributed by atoms with Crippen LogP contribution in [0.3, 0.4) is 0 Å². The Labute approximate surface area is 124 Å². The Bertz CT molecular complexity index is 288. The summed E-state index contributed by atoms with van der Waals surface area (Å²) in [5.41, 5.74) is 0. The van der Waals surface area contributed by atoms with Crippen LogP contribution in [0.4, 0.5) is 0 Å². The SMILES string of the molecule is CNC1CCC(N(C)CC(=O)N(C(C)C)C(C)C)CC1. The zero-order valence-corrected chi connectivity index (χ0v) is 14.1. The molecule has 0 saturated heterocycles. The average Bonchev–Trinajstić information content (AvgIpc) is 2.37. The van der Waals surface area contributed by atoms with Crippen molar-refractivity contribution in [1.29, 1.82) is 0 Å². The van der Waals surface area contributed by atoms with Gasteiger partial charge in [0.15, 0.2) is 0 Å². The lowest BCUT2D eigenvalue weighted by Crippen LogP contribution is -2.49. The smallest absolute Gasteiger partial charge is 0.237 e. The number of hydrogen-bond donors (Lipinski definition) is 1. The zero-order chi connectivity index (χ0) is 15.3. The quantitative estimate of drug-likeness (QED) is 0.811. The number of likely N-dealkylation sites (N-methyl/N-ethyl adjacent to an activating group) is 1. The van der Waals surface area contributed by atoms with Crippen molar-refractivity contribution in [3.05, 3.63) is 0 Å². The van der Waals surface area contributed by atoms with Crippen molar-refractivity contribution in [1.82, 2.24) is 15.1 Å². The monoisotopic (exact) mass is 283 g/mol. The maximum atomic E-state index is 12.5. The van der Waals surface area contributed by atoms with Gasteiger partial charge in [-0.1, -0.05) is 0 Å². The summed E-state index contributed by atoms with van der Waals surface area (Å²) in [4.78, 5) is 16.7. The van der Waals surface area contributed by atoms with Gasteiger partial charge in [-0.15, -0.1) is 0 Å². The molecule has 1 amide bonds. The summed E-state index contributed by atoms with van der Waals surface area (Å²) in [6.45, 7) is 8.92. The van der Waals surface area contributed by atoms with Crippen molar-refractivity contribution >= 4 is 5.91 Å². The number of hydrogen-bond acceptors (Lipinski definition) is 3. The predicted molar refractivity (Wildman–Crippen MR) is 84.9 cm³/mol. The number of nitrogens with one attached hydrogen (secondary N) is 1. The average molecular weight is 283 g/mol. The highest BCUT2D eigenvalue weighted by Crippen LogP contribution is 2.22. The molecule has 1 N–H and O–H groups in total. The summed E-state index contributed by atoms with van der Waals surface area (Å²) < 4.78 is 0. The minimum atomic E-state index is 0.258. The van der Waals surface area contributed by atoms with Crippen molar-refractivity contribution in [3.8, 4) is 0 Å². The van der Waals surface area contributed by atoms with Crippen LogP contribution in [-0.4, -0.2) is 60.5 Å². The predicted octanol–water partition coefficient (Wildman–Crippen LogP) is 2.09. The van der Waals surface area contributed by atoms with E-state index in [-0.39, 0.29) is 18.0 Å². The van der Waals surface area contributed by atoms with E-state index in [4.69, 9.17) is 0 Å². The fourth-order valence-corrected chi connectivity index (χ4v) is 3.40. The fraction of sp³-hybridized carbons (Fsp3) is 0.938. The Morgan fingerprint density at radius 3 is 2.00 bits per heavy atom. The summed E-state index contributed by atoms with van der Waals surface area (Å²) >= 11 is 0. The van der Waals surface area contributed by atoms with Crippen molar-refractivity contribution < 1.29 is 4.79 Å². The Morgan fingerprint density at radius 2 is 1.60 bits per heavy atom. The molecule has 118 valence electrons. The first-order valence-corrected chi connectivity index (χ1v) is 8.05. The topological polar surface area (TPSA) is 35.6 Å². The Hall–Kier alpha value is -0.610. The van der Waals surface area contributed by atoms with E-state index in [0.29, 0.717) is 18.6 Å². The number of carbonyl (C=O) groups excluding carboxylic acids is 1. The van der Waals surface area contributed by atoms with Gasteiger partial charge >= 0.3 is 0 Å². The summed E-state index contributed by atoms with van der Waals surface area (Å²) in [7, 11) is 4.14. The minimum absolute atomic E-state index is 0.258. The van der Waals surface area contributed by atoms with Crippen molar-refractivity contribution in [2.24, 2.45) is 0 Å². The molecule has 1 fully saturated rings. The van der Waals surface area contributed by atoms with Gasteiger partial charge in [0.1, 0.15) is 0 Å². The summed E-state index contributed by atoms with van der Waals surface area (Å²) in [5, 5.41) is 3.36. The second-order valence-corrected chi connectivity index (χ2v) is 6.70. The molecule has 4 heteroatoms. The molecule has 4 nitrogen and oxygen atoms in total. The molecule has 0 spiro atoms. The standard InChI is InChI=1S/C16H33N3O/c1-12(2)19(13(3)4)16(20)11-18(6)15-9-7-14(17-5)8-10-15/h12-15,17H,7-11H2,1-6H3. The summed E-state index contributed by atoms with van der Waals surface area (Å²) in [6, 6.07) is 1.77. The minimum Gasteiger partial charge on any atom is -0.337 e. The van der Waals surface area contributed by atoms with Gasteiger partial charge in [0.25, 0.3) is 0 Å². The second-order valence-electron chi connectivity index (χ2n) is 6.70. The van der Waals surface area contributed by atoms with Gasteiger partial charge in [-0.2, -0.15) is 0 Å². The van der Waals surface area contributed by atoms with Gasteiger partial charge in [-0.25, -0.2) is 0 Å². The third-order valence-corrected chi connectivity index (χ3v) is 4.51. The van der Waals surface area contributed by atoms with Gasteiger partial charge in [-0.3, -0.25) is 9.69 Å². The molecule has 0 bridgehead atoms. The van der Waals surface area contributed by atoms with Crippen molar-refractivity contribution in [3.63, 3.8) is 0 Å². The van der Waals surface area contributed by atoms with Crippen LogP contribution in [0.5, 0.6) is 0 Å². The normalized spacial score (nSPS) is 23.6. The third kappa shape index (κ3) is 4.74. The second kappa shape index (κ2) is 7.99. The van der Waals surface area contributed by atoms with Gasteiger partial charge in [0.05, 0.1) is 6.54 Å². The number of amides is 1. The van der Waals surface area contributed by atoms with Gasteiger partial charge in [0, 0.05) is 24.2 Å². The molecule has 0 aliphatic heterocycles. The Balaban J connectivity index is 2.49. The largest absolute Gasteiger partial charge is 0.337 e. The van der Waals surface area contributed by atoms with E-state index in [1.807, 2.05) is 11.9 Å². The molecule has 0 radical (unpaired) electrons. The summed E-state index contributed by atoms with van der Waals surface area (Å²) in [6.07, 6.45) is 4.83. The van der Waals surface area contributed by atoms with Crippen LogP contribution in [-0.2, 0) is 4.79 Å². The van der Waals surface area contributed by atoms with Crippen LogP contribution in [0.15, 0.2) is 0 Å². The van der Waals surface area contributed by atoms with Crippen LogP contribution in [0.2, 0.25) is 0 Å². The highest BCUT2D eigenvalue weighted by Gasteiger charge is 2.27. The molecule has 1 rings (SSSR count). The van der Waals surface area contributed by atoms with E-state index in [1.54, 1.807) is 0 Å². The van der Waals surface area contributed by atoms with E-state index in [0.717, 1.165) is 0 Å². The van der Waals surface area contributed by atoms with E-state index in [2.05, 4.69) is 45.0 Å². The van der Waals surface area contributed by atoms with Crippen LogP contribution >= 0.6 is 0 Å². The highest BCUT2D eigenvalue weighted by atomic mass is 16.2. The molecule has 0 aromatic heterocycles. The lowest BCUT2D eigenvalue weighted by molar-refractivity contribution is -0.136. The molecule has 1 aliphatic rings. The molecule has 0 atom stereocenters. The van der Waals surface area contributed by atoms with Crippen molar-refractivity contribution in [2.45, 2.75) is 77.5 Å².